The van der Waals surface area contributed by atoms with Crippen LogP contribution in [0.1, 0.15) is 503 Å². The minimum Gasteiger partial charge on any atom is -0.550 e. The van der Waals surface area contributed by atoms with E-state index in [4.69, 9.17) is 0 Å². The zero-order valence-electron chi connectivity index (χ0n) is 64.8. The van der Waals surface area contributed by atoms with E-state index in [-0.39, 0.29) is 50.6 Å². The van der Waals surface area contributed by atoms with E-state index in [0.29, 0.717) is 0 Å². The first-order valence-corrected chi connectivity index (χ1v) is 43.2. The molecule has 552 valence electrons. The number of carbonyl (C=O) groups is 2. The number of hydrogen-bond donors (Lipinski definition) is 0. The number of rotatable bonds is 82. The smallest absolute Gasteiger partial charge is 0.550 e. The Labute approximate surface area is 616 Å². The Morgan fingerprint density at radius 3 is 0.376 bits per heavy atom. The maximum absolute atomic E-state index is 10.8. The first-order chi connectivity index (χ1) is 45.4. The molecule has 7 heteroatoms. The van der Waals surface area contributed by atoms with Gasteiger partial charge in [0.05, 0.1) is 0 Å². The summed E-state index contributed by atoms with van der Waals surface area (Å²) >= 11 is 0. The van der Waals surface area contributed by atoms with Crippen molar-refractivity contribution in [2.45, 2.75) is 503 Å². The van der Waals surface area contributed by atoms with Gasteiger partial charge in [-0.05, 0) is 103 Å². The molecule has 0 heterocycles. The average Bonchev–Trinajstić information content (AvgIpc) is 3.66. The van der Waals surface area contributed by atoms with Gasteiger partial charge in [0.1, 0.15) is 0 Å². The fourth-order valence-corrected chi connectivity index (χ4v) is 14.1. The van der Waals surface area contributed by atoms with Gasteiger partial charge in [-0.25, -0.2) is 0 Å². The third-order valence-electron chi connectivity index (χ3n) is 20.5. The molecule has 0 aliphatic carbocycles. The minimum absolute atomic E-state index is 0. The maximum atomic E-state index is 10.8. The molecule has 0 rings (SSSR count). The van der Waals surface area contributed by atoms with Gasteiger partial charge in [0, 0.05) is 11.9 Å². The maximum Gasteiger partial charge on any atom is 2.00 e. The predicted molar refractivity (Wildman–Crippen MR) is 413 cm³/mol. The van der Waals surface area contributed by atoms with E-state index >= 15 is 0 Å². The Morgan fingerprint density at radius 2 is 0.269 bits per heavy atom. The van der Waals surface area contributed by atoms with E-state index in [1.54, 1.807) is 0 Å². The second kappa shape index (κ2) is 90.1. The van der Waals surface area contributed by atoms with Crippen molar-refractivity contribution in [1.29, 1.82) is 0 Å². The molecular formula is C86H172CaN2O4. The summed E-state index contributed by atoms with van der Waals surface area (Å²) < 4.78 is 0. The fourth-order valence-electron chi connectivity index (χ4n) is 14.1. The van der Waals surface area contributed by atoms with Gasteiger partial charge in [-0.3, -0.25) is 0 Å². The van der Waals surface area contributed by atoms with Crippen LogP contribution in [0.4, 0.5) is 0 Å². The summed E-state index contributed by atoms with van der Waals surface area (Å²) in [6.07, 6.45) is 101. The molecule has 0 saturated heterocycles. The SMILES string of the molecule is CCCCCCCCCCCCCCCCCCCN(CCCCCCCCCCCCCCCCCCC)CCCCC(=O)[O-].CCCCCCCCCCCCCCCCCCCN(CCCCCCCCCCCCCCCCCCC)CCCCC(=O)[O-].[Ca+2]. The van der Waals surface area contributed by atoms with Crippen LogP contribution in [0.5, 0.6) is 0 Å². The van der Waals surface area contributed by atoms with Crippen molar-refractivity contribution < 1.29 is 19.8 Å². The number of hydrogen-bond acceptors (Lipinski definition) is 6. The molecule has 0 aromatic rings. The normalized spacial score (nSPS) is 11.5. The number of aliphatic carboxylic acids is 2. The van der Waals surface area contributed by atoms with Gasteiger partial charge in [-0.2, -0.15) is 0 Å². The van der Waals surface area contributed by atoms with E-state index in [2.05, 4.69) is 37.5 Å². The van der Waals surface area contributed by atoms with Crippen LogP contribution >= 0.6 is 0 Å². The van der Waals surface area contributed by atoms with Gasteiger partial charge < -0.3 is 29.6 Å². The summed E-state index contributed by atoms with van der Waals surface area (Å²) in [6, 6.07) is 0. The molecule has 0 aliphatic heterocycles. The summed E-state index contributed by atoms with van der Waals surface area (Å²) in [5.74, 6) is -1.79. The van der Waals surface area contributed by atoms with Gasteiger partial charge in [0.15, 0.2) is 0 Å². The second-order valence-corrected chi connectivity index (χ2v) is 30.0. The molecular weight excluding hydrogens is 1170 g/mol. The van der Waals surface area contributed by atoms with Crippen LogP contribution in [0.15, 0.2) is 0 Å². The summed E-state index contributed by atoms with van der Waals surface area (Å²) in [7, 11) is 0. The van der Waals surface area contributed by atoms with Crippen molar-refractivity contribution >= 4 is 49.7 Å². The van der Waals surface area contributed by atoms with Gasteiger partial charge in [-0.15, -0.1) is 0 Å². The summed E-state index contributed by atoms with van der Waals surface area (Å²) in [4.78, 5) is 26.9. The number of carboxylic acids is 2. The van der Waals surface area contributed by atoms with Crippen LogP contribution in [0.25, 0.3) is 0 Å². The Balaban J connectivity index is -0.00000172. The van der Waals surface area contributed by atoms with Gasteiger partial charge in [0.25, 0.3) is 0 Å². The van der Waals surface area contributed by atoms with Crippen molar-refractivity contribution in [2.24, 2.45) is 0 Å². The van der Waals surface area contributed by atoms with E-state index in [9.17, 15) is 19.8 Å². The van der Waals surface area contributed by atoms with Crippen LogP contribution in [0.2, 0.25) is 0 Å². The third kappa shape index (κ3) is 92.1. The molecule has 0 N–H and O–H groups in total. The predicted octanol–water partition coefficient (Wildman–Crippen LogP) is 26.6. The molecule has 0 spiro atoms. The molecule has 0 bridgehead atoms. The molecule has 93 heavy (non-hydrogen) atoms. The van der Waals surface area contributed by atoms with E-state index in [1.807, 2.05) is 0 Å². The zero-order chi connectivity index (χ0) is 66.9. The fraction of sp³-hybridized carbons (Fsp3) is 0.977. The summed E-state index contributed by atoms with van der Waals surface area (Å²) in [6.45, 7) is 16.1. The summed E-state index contributed by atoms with van der Waals surface area (Å²) in [5, 5.41) is 21.6. The van der Waals surface area contributed by atoms with Crippen LogP contribution in [-0.2, 0) is 9.59 Å². The van der Waals surface area contributed by atoms with E-state index < -0.39 is 11.9 Å². The molecule has 0 aromatic carbocycles. The van der Waals surface area contributed by atoms with Crippen molar-refractivity contribution in [3.8, 4) is 0 Å². The Hall–Kier alpha value is 0.120. The topological polar surface area (TPSA) is 86.7 Å². The van der Waals surface area contributed by atoms with E-state index in [1.165, 1.54) is 463 Å². The van der Waals surface area contributed by atoms with Crippen molar-refractivity contribution in [2.75, 3.05) is 39.3 Å². The molecule has 0 radical (unpaired) electrons. The third-order valence-corrected chi connectivity index (χ3v) is 20.5. The molecule has 0 amide bonds. The minimum atomic E-state index is -0.895. The number of carboxylic acid groups (broad SMARTS) is 2. The largest absolute Gasteiger partial charge is 2.00 e. The molecule has 0 aromatic heterocycles. The first kappa shape index (κ1) is 97.3. The monoisotopic (exact) mass is 1340 g/mol. The summed E-state index contributed by atoms with van der Waals surface area (Å²) in [5.41, 5.74) is 0. The second-order valence-electron chi connectivity index (χ2n) is 30.0. The first-order valence-electron chi connectivity index (χ1n) is 43.2. The average molecular weight is 1340 g/mol. The molecule has 0 unspecified atom stereocenters. The van der Waals surface area contributed by atoms with Gasteiger partial charge >= 0.3 is 37.7 Å². The van der Waals surface area contributed by atoms with Crippen LogP contribution < -0.4 is 10.2 Å². The van der Waals surface area contributed by atoms with Gasteiger partial charge in [0.2, 0.25) is 0 Å². The molecule has 0 aliphatic rings. The van der Waals surface area contributed by atoms with Crippen molar-refractivity contribution in [1.82, 2.24) is 9.80 Å². The zero-order valence-corrected chi connectivity index (χ0v) is 67.0. The van der Waals surface area contributed by atoms with E-state index in [0.717, 1.165) is 38.8 Å². The molecule has 6 nitrogen and oxygen atoms in total. The molecule has 0 atom stereocenters. The molecule has 0 fully saturated rings. The van der Waals surface area contributed by atoms with Crippen LogP contribution in [-0.4, -0.2) is 98.7 Å². The Kier molecular flexibility index (Phi) is 94.3. The number of unbranched alkanes of at least 4 members (excludes halogenated alkanes) is 66. The van der Waals surface area contributed by atoms with Crippen LogP contribution in [0, 0.1) is 0 Å². The van der Waals surface area contributed by atoms with Crippen molar-refractivity contribution in [3.05, 3.63) is 0 Å². The Morgan fingerprint density at radius 1 is 0.172 bits per heavy atom. The standard InChI is InChI=1S/2C43H87NO2.Ca/c2*1-3-5-7-9-11-13-15-17-19-21-23-25-27-29-31-33-36-40-44(42-38-35-39-43(45)46)41-37-34-32-30-28-26-24-22-20-18-16-14-12-10-8-6-4-2;/h2*3-42H2,1-2H3,(H,45,46);/q;;+2/p-2. The van der Waals surface area contributed by atoms with Gasteiger partial charge in [-0.1, -0.05) is 439 Å². The molecule has 0 saturated carbocycles. The quantitative estimate of drug-likeness (QED) is 0.0445. The number of carbonyl (C=O) groups excluding carboxylic acids is 2. The van der Waals surface area contributed by atoms with Crippen molar-refractivity contribution in [3.63, 3.8) is 0 Å². The number of nitrogens with zero attached hydrogens (tertiary/aromatic N) is 2. The Bertz CT molecular complexity index is 1160. The van der Waals surface area contributed by atoms with Crippen LogP contribution in [0.3, 0.4) is 0 Å².